The molecule has 0 unspecified atom stereocenters. The number of aryl methyl sites for hydroxylation is 1. The largest absolute Gasteiger partial charge is 0.478 e. The summed E-state index contributed by atoms with van der Waals surface area (Å²) in [5, 5.41) is 11.3. The van der Waals surface area contributed by atoms with E-state index >= 15 is 0 Å². The number of benzene rings is 2. The lowest BCUT2D eigenvalue weighted by Gasteiger charge is -2.12. The van der Waals surface area contributed by atoms with Gasteiger partial charge in [-0.1, -0.05) is 24.3 Å². The summed E-state index contributed by atoms with van der Waals surface area (Å²) in [6.45, 7) is 1.83. The SMILES string of the molecule is Cc1ccccc1-c1cc(F)c(NC(=O)C2=C(C(=O)O)CSC2)c(F)c1. The van der Waals surface area contributed by atoms with Crippen molar-refractivity contribution in [1.29, 1.82) is 0 Å². The van der Waals surface area contributed by atoms with Crippen LogP contribution < -0.4 is 5.32 Å². The summed E-state index contributed by atoms with van der Waals surface area (Å²) in [7, 11) is 0. The van der Waals surface area contributed by atoms with Crippen LogP contribution in [0.3, 0.4) is 0 Å². The lowest BCUT2D eigenvalue weighted by atomic mass is 10.00. The molecule has 134 valence electrons. The van der Waals surface area contributed by atoms with Crippen molar-refractivity contribution in [3.05, 3.63) is 64.7 Å². The second-order valence-corrected chi connectivity index (χ2v) is 6.82. The van der Waals surface area contributed by atoms with Gasteiger partial charge in [-0.05, 0) is 35.7 Å². The zero-order valence-electron chi connectivity index (χ0n) is 13.8. The molecule has 0 aromatic heterocycles. The van der Waals surface area contributed by atoms with Crippen LogP contribution in [-0.4, -0.2) is 28.5 Å². The van der Waals surface area contributed by atoms with E-state index in [1.54, 1.807) is 12.1 Å². The summed E-state index contributed by atoms with van der Waals surface area (Å²) in [5.74, 6) is -3.45. The minimum absolute atomic E-state index is 0.0317. The van der Waals surface area contributed by atoms with Crippen LogP contribution in [0.5, 0.6) is 0 Å². The Morgan fingerprint density at radius 1 is 1.08 bits per heavy atom. The Morgan fingerprint density at radius 3 is 2.31 bits per heavy atom. The van der Waals surface area contributed by atoms with Crippen LogP contribution in [-0.2, 0) is 9.59 Å². The number of halogens is 2. The second-order valence-electron chi connectivity index (χ2n) is 5.84. The smallest absolute Gasteiger partial charge is 0.332 e. The second kappa shape index (κ2) is 7.29. The number of hydrogen-bond donors (Lipinski definition) is 2. The number of hydrogen-bond acceptors (Lipinski definition) is 3. The number of anilines is 1. The van der Waals surface area contributed by atoms with Gasteiger partial charge in [-0.25, -0.2) is 13.6 Å². The van der Waals surface area contributed by atoms with Crippen LogP contribution in [0.4, 0.5) is 14.5 Å². The average Bonchev–Trinajstić information content (AvgIpc) is 3.08. The van der Waals surface area contributed by atoms with E-state index < -0.39 is 29.2 Å². The summed E-state index contributed by atoms with van der Waals surface area (Å²) in [4.78, 5) is 23.4. The molecule has 0 bridgehead atoms. The van der Waals surface area contributed by atoms with Crippen LogP contribution in [0.25, 0.3) is 11.1 Å². The van der Waals surface area contributed by atoms with Gasteiger partial charge in [-0.2, -0.15) is 11.8 Å². The van der Waals surface area contributed by atoms with Gasteiger partial charge < -0.3 is 10.4 Å². The van der Waals surface area contributed by atoms with E-state index in [1.807, 2.05) is 19.1 Å². The van der Waals surface area contributed by atoms with Gasteiger partial charge in [0, 0.05) is 17.1 Å². The van der Waals surface area contributed by atoms with Gasteiger partial charge in [0.25, 0.3) is 5.91 Å². The monoisotopic (exact) mass is 375 g/mol. The molecule has 4 nitrogen and oxygen atoms in total. The van der Waals surface area contributed by atoms with Crippen molar-refractivity contribution in [3.63, 3.8) is 0 Å². The molecule has 1 aliphatic rings. The molecule has 2 aromatic carbocycles. The molecular weight excluding hydrogens is 360 g/mol. The molecule has 1 aliphatic heterocycles. The molecule has 0 fully saturated rings. The van der Waals surface area contributed by atoms with Crippen molar-refractivity contribution in [1.82, 2.24) is 0 Å². The number of nitrogens with one attached hydrogen (secondary N) is 1. The maximum Gasteiger partial charge on any atom is 0.332 e. The van der Waals surface area contributed by atoms with Gasteiger partial charge in [0.05, 0.1) is 5.57 Å². The number of aliphatic carboxylic acids is 1. The predicted octanol–water partition coefficient (Wildman–Crippen LogP) is 4.01. The first-order valence-electron chi connectivity index (χ1n) is 7.78. The minimum atomic E-state index is -1.20. The highest BCUT2D eigenvalue weighted by Gasteiger charge is 2.27. The van der Waals surface area contributed by atoms with Crippen molar-refractivity contribution in [3.8, 4) is 11.1 Å². The van der Waals surface area contributed by atoms with Crippen molar-refractivity contribution in [2.75, 3.05) is 16.8 Å². The molecule has 26 heavy (non-hydrogen) atoms. The zero-order valence-corrected chi connectivity index (χ0v) is 14.6. The fourth-order valence-corrected chi connectivity index (χ4v) is 3.87. The average molecular weight is 375 g/mol. The first kappa shape index (κ1) is 18.1. The normalized spacial score (nSPS) is 13.8. The van der Waals surface area contributed by atoms with E-state index in [0.29, 0.717) is 11.1 Å². The predicted molar refractivity (Wildman–Crippen MR) is 97.1 cm³/mol. The fraction of sp³-hybridized carbons (Fsp3) is 0.158. The summed E-state index contributed by atoms with van der Waals surface area (Å²) >= 11 is 1.26. The van der Waals surface area contributed by atoms with Crippen LogP contribution >= 0.6 is 11.8 Å². The molecule has 0 aliphatic carbocycles. The van der Waals surface area contributed by atoms with Crippen molar-refractivity contribution >= 4 is 29.3 Å². The van der Waals surface area contributed by atoms with E-state index in [-0.39, 0.29) is 22.7 Å². The van der Waals surface area contributed by atoms with E-state index in [9.17, 15) is 18.4 Å². The number of carboxylic acids is 1. The topological polar surface area (TPSA) is 66.4 Å². The summed E-state index contributed by atoms with van der Waals surface area (Å²) in [6, 6.07) is 9.48. The van der Waals surface area contributed by atoms with Crippen LogP contribution in [0, 0.1) is 18.6 Å². The minimum Gasteiger partial charge on any atom is -0.478 e. The van der Waals surface area contributed by atoms with Gasteiger partial charge in [0.2, 0.25) is 0 Å². The lowest BCUT2D eigenvalue weighted by molar-refractivity contribution is -0.132. The molecular formula is C19H15F2NO3S. The zero-order chi connectivity index (χ0) is 18.8. The van der Waals surface area contributed by atoms with Gasteiger partial charge >= 0.3 is 5.97 Å². The third-order valence-corrected chi connectivity index (χ3v) is 5.11. The Hall–Kier alpha value is -2.67. The number of carbonyl (C=O) groups excluding carboxylic acids is 1. The molecule has 0 saturated carbocycles. The van der Waals surface area contributed by atoms with E-state index in [0.717, 1.165) is 17.7 Å². The molecule has 0 spiro atoms. The molecule has 0 atom stereocenters. The molecule has 1 heterocycles. The molecule has 2 aromatic rings. The van der Waals surface area contributed by atoms with Crippen molar-refractivity contribution in [2.45, 2.75) is 6.92 Å². The van der Waals surface area contributed by atoms with Gasteiger partial charge in [0.15, 0.2) is 0 Å². The third-order valence-electron chi connectivity index (χ3n) is 4.13. The van der Waals surface area contributed by atoms with E-state index in [4.69, 9.17) is 5.11 Å². The van der Waals surface area contributed by atoms with Gasteiger partial charge in [-0.3, -0.25) is 4.79 Å². The highest BCUT2D eigenvalue weighted by Crippen LogP contribution is 2.31. The number of amides is 1. The first-order valence-corrected chi connectivity index (χ1v) is 8.93. The standard InChI is InChI=1S/C19H15F2NO3S/c1-10-4-2-3-5-12(10)11-6-15(20)17(16(21)7-11)22-18(23)13-8-26-9-14(13)19(24)25/h2-7H,8-9H2,1H3,(H,22,23)(H,24,25). The molecule has 3 rings (SSSR count). The Bertz CT molecular complexity index is 917. The summed E-state index contributed by atoms with van der Waals surface area (Å²) in [5.41, 5.74) is 1.32. The van der Waals surface area contributed by atoms with Crippen LogP contribution in [0.15, 0.2) is 47.5 Å². The Morgan fingerprint density at radius 2 is 1.69 bits per heavy atom. The number of rotatable bonds is 4. The molecule has 0 radical (unpaired) electrons. The fourth-order valence-electron chi connectivity index (χ4n) is 2.76. The molecule has 1 amide bonds. The van der Waals surface area contributed by atoms with E-state index in [2.05, 4.69) is 5.32 Å². The van der Waals surface area contributed by atoms with Gasteiger partial charge in [-0.15, -0.1) is 0 Å². The molecule has 7 heteroatoms. The maximum absolute atomic E-state index is 14.4. The lowest BCUT2D eigenvalue weighted by Crippen LogP contribution is -2.19. The number of thioether (sulfide) groups is 1. The number of carboxylic acid groups (broad SMARTS) is 1. The number of carbonyl (C=O) groups is 2. The summed E-state index contributed by atoms with van der Waals surface area (Å²) < 4.78 is 28.9. The Kier molecular flexibility index (Phi) is 5.08. The quantitative estimate of drug-likeness (QED) is 0.848. The van der Waals surface area contributed by atoms with E-state index in [1.165, 1.54) is 11.8 Å². The van der Waals surface area contributed by atoms with Crippen molar-refractivity contribution < 1.29 is 23.5 Å². The third kappa shape index (κ3) is 3.48. The maximum atomic E-state index is 14.4. The highest BCUT2D eigenvalue weighted by atomic mass is 32.2. The Labute approximate surface area is 152 Å². The molecule has 2 N–H and O–H groups in total. The summed E-state index contributed by atoms with van der Waals surface area (Å²) in [6.07, 6.45) is 0. The van der Waals surface area contributed by atoms with Crippen molar-refractivity contribution in [2.24, 2.45) is 0 Å². The first-order chi connectivity index (χ1) is 12.4. The van der Waals surface area contributed by atoms with Gasteiger partial charge in [0.1, 0.15) is 17.3 Å². The Balaban J connectivity index is 1.93. The van der Waals surface area contributed by atoms with Crippen LogP contribution in [0.1, 0.15) is 5.56 Å². The molecule has 0 saturated heterocycles. The highest BCUT2D eigenvalue weighted by molar-refractivity contribution is 8.00. The van der Waals surface area contributed by atoms with Crippen LogP contribution in [0.2, 0.25) is 0 Å².